The number of aromatic amines is 1. The van der Waals surface area contributed by atoms with Gasteiger partial charge >= 0.3 is 11.3 Å². The zero-order chi connectivity index (χ0) is 18.9. The summed E-state index contributed by atoms with van der Waals surface area (Å²) in [5.41, 5.74) is 1.66. The van der Waals surface area contributed by atoms with Crippen molar-refractivity contribution in [2.75, 3.05) is 7.11 Å². The number of pyridine rings is 1. The minimum Gasteiger partial charge on any atom is -0.494 e. The van der Waals surface area contributed by atoms with Crippen LogP contribution in [-0.4, -0.2) is 12.1 Å². The average Bonchev–Trinajstić information content (AvgIpc) is 3.11. The molecule has 7 heteroatoms. The van der Waals surface area contributed by atoms with E-state index >= 15 is 0 Å². The third-order valence-electron chi connectivity index (χ3n) is 5.29. The van der Waals surface area contributed by atoms with Gasteiger partial charge in [-0.1, -0.05) is 0 Å². The summed E-state index contributed by atoms with van der Waals surface area (Å²) in [7, 11) is 1.45. The topological polar surface area (TPSA) is 103 Å². The van der Waals surface area contributed by atoms with E-state index in [1.165, 1.54) is 13.2 Å². The van der Waals surface area contributed by atoms with Crippen LogP contribution >= 0.6 is 0 Å². The third kappa shape index (κ3) is 2.05. The number of nitrogens with one attached hydrogen (secondary N) is 1. The summed E-state index contributed by atoms with van der Waals surface area (Å²) in [6.07, 6.45) is 2.07. The molecule has 0 amide bonds. The van der Waals surface area contributed by atoms with Gasteiger partial charge in [0.25, 0.3) is 5.56 Å². The van der Waals surface area contributed by atoms with Gasteiger partial charge < -0.3 is 18.6 Å². The highest BCUT2D eigenvalue weighted by Crippen LogP contribution is 2.38. The molecule has 1 aromatic carbocycles. The second kappa shape index (κ2) is 5.33. The maximum Gasteiger partial charge on any atom is 0.339 e. The van der Waals surface area contributed by atoms with Crippen molar-refractivity contribution in [2.45, 2.75) is 26.2 Å². The minimum atomic E-state index is -0.488. The predicted molar refractivity (Wildman–Crippen MR) is 100.0 cm³/mol. The maximum atomic E-state index is 12.9. The average molecular weight is 365 g/mol. The Morgan fingerprint density at radius 2 is 1.78 bits per heavy atom. The number of hydrogen-bond donors (Lipinski definition) is 1. The van der Waals surface area contributed by atoms with Crippen LogP contribution in [-0.2, 0) is 12.8 Å². The monoisotopic (exact) mass is 365 g/mol. The Balaban J connectivity index is 2.18. The second-order valence-electron chi connectivity index (χ2n) is 6.81. The molecule has 0 bridgehead atoms. The lowest BCUT2D eigenvalue weighted by atomic mass is 10.0. The summed E-state index contributed by atoms with van der Waals surface area (Å²) in [5, 5.41) is 1.49. The fourth-order valence-electron chi connectivity index (χ4n) is 4.19. The summed E-state index contributed by atoms with van der Waals surface area (Å²) in [6.45, 7) is 1.77. The first-order valence-corrected chi connectivity index (χ1v) is 8.65. The van der Waals surface area contributed by atoms with Crippen LogP contribution in [0.1, 0.15) is 23.1 Å². The summed E-state index contributed by atoms with van der Waals surface area (Å²) >= 11 is 0. The zero-order valence-corrected chi connectivity index (χ0v) is 14.7. The molecule has 0 fully saturated rings. The molecule has 0 atom stereocenters. The third-order valence-corrected chi connectivity index (χ3v) is 5.29. The molecular weight excluding hydrogens is 350 g/mol. The number of hydrogen-bond acceptors (Lipinski definition) is 6. The molecule has 5 rings (SSSR count). The molecule has 4 aromatic rings. The number of rotatable bonds is 1. The van der Waals surface area contributed by atoms with Crippen molar-refractivity contribution < 1.29 is 13.6 Å². The molecule has 136 valence electrons. The first-order valence-electron chi connectivity index (χ1n) is 8.65. The zero-order valence-electron chi connectivity index (χ0n) is 14.7. The summed E-state index contributed by atoms with van der Waals surface area (Å²) in [5.74, 6) is 0.327. The molecule has 1 N–H and O–H groups in total. The Hall–Kier alpha value is -3.35. The van der Waals surface area contributed by atoms with Crippen LogP contribution in [0.25, 0.3) is 32.8 Å². The molecule has 0 unspecified atom stereocenters. The largest absolute Gasteiger partial charge is 0.494 e. The number of methoxy groups -OCH3 is 1. The van der Waals surface area contributed by atoms with Gasteiger partial charge in [-0.05, 0) is 37.3 Å². The van der Waals surface area contributed by atoms with Crippen LogP contribution < -0.4 is 21.5 Å². The number of benzene rings is 1. The SMILES string of the molecule is COc1cc2oc(=O)cc(C)c2c2c1[nH]c(=O)c1c3c(c(=O)oc12)CCC3. The number of ether oxygens (including phenoxy) is 1. The molecule has 0 spiro atoms. The minimum absolute atomic E-state index is 0.209. The lowest BCUT2D eigenvalue weighted by Gasteiger charge is -2.12. The quantitative estimate of drug-likeness (QED) is 0.411. The van der Waals surface area contributed by atoms with Crippen LogP contribution in [0.5, 0.6) is 5.75 Å². The lowest BCUT2D eigenvalue weighted by Crippen LogP contribution is -2.15. The van der Waals surface area contributed by atoms with Crippen LogP contribution in [0.2, 0.25) is 0 Å². The molecule has 0 radical (unpaired) electrons. The maximum absolute atomic E-state index is 12.9. The normalized spacial score (nSPS) is 13.6. The van der Waals surface area contributed by atoms with Gasteiger partial charge in [-0.25, -0.2) is 9.59 Å². The first-order chi connectivity index (χ1) is 13.0. The molecule has 1 aliphatic rings. The van der Waals surface area contributed by atoms with Crippen molar-refractivity contribution in [2.24, 2.45) is 0 Å². The molecule has 7 nitrogen and oxygen atoms in total. The predicted octanol–water partition coefficient (Wildman–Crippen LogP) is 2.55. The highest BCUT2D eigenvalue weighted by molar-refractivity contribution is 6.18. The molecule has 0 saturated heterocycles. The standard InChI is InChI=1S/C20H15NO6/c1-8-6-13(22)26-11-7-12(25-2)17-16(14(8)11)18-15(19(23)21-17)9-4-3-5-10(9)20(24)27-18/h6-7H,3-5H2,1-2H3,(H,21,23). The Bertz CT molecular complexity index is 1450. The van der Waals surface area contributed by atoms with E-state index in [-0.39, 0.29) is 11.1 Å². The van der Waals surface area contributed by atoms with Gasteiger partial charge in [-0.3, -0.25) is 4.79 Å². The Morgan fingerprint density at radius 1 is 1.00 bits per heavy atom. The molecule has 27 heavy (non-hydrogen) atoms. The van der Waals surface area contributed by atoms with Gasteiger partial charge in [-0.15, -0.1) is 0 Å². The first kappa shape index (κ1) is 15.9. The van der Waals surface area contributed by atoms with E-state index in [2.05, 4.69) is 4.98 Å². The lowest BCUT2D eigenvalue weighted by molar-refractivity contribution is 0.418. The number of H-pyrrole nitrogens is 1. The van der Waals surface area contributed by atoms with E-state index in [4.69, 9.17) is 13.6 Å². The van der Waals surface area contributed by atoms with Crippen molar-refractivity contribution in [3.63, 3.8) is 0 Å². The van der Waals surface area contributed by atoms with Crippen molar-refractivity contribution in [1.82, 2.24) is 4.98 Å². The summed E-state index contributed by atoms with van der Waals surface area (Å²) in [4.78, 5) is 40.1. The number of fused-ring (bicyclic) bond motifs is 7. The van der Waals surface area contributed by atoms with Gasteiger partial charge in [0, 0.05) is 23.1 Å². The van der Waals surface area contributed by atoms with Crippen LogP contribution in [0, 0.1) is 6.92 Å². The Labute approximate surface area is 151 Å². The fraction of sp³-hybridized carbons (Fsp3) is 0.250. The van der Waals surface area contributed by atoms with Gasteiger partial charge in [0.1, 0.15) is 11.3 Å². The Kier molecular flexibility index (Phi) is 3.13. The van der Waals surface area contributed by atoms with E-state index in [9.17, 15) is 14.4 Å². The molecule has 3 aromatic heterocycles. The van der Waals surface area contributed by atoms with Crippen LogP contribution in [0.4, 0.5) is 0 Å². The van der Waals surface area contributed by atoms with E-state index in [0.717, 1.165) is 12.0 Å². The summed E-state index contributed by atoms with van der Waals surface area (Å²) < 4.78 is 16.4. The van der Waals surface area contributed by atoms with E-state index < -0.39 is 11.3 Å². The van der Waals surface area contributed by atoms with E-state index in [1.54, 1.807) is 13.0 Å². The van der Waals surface area contributed by atoms with Crippen molar-refractivity contribution in [3.8, 4) is 5.75 Å². The second-order valence-corrected chi connectivity index (χ2v) is 6.81. The fourth-order valence-corrected chi connectivity index (χ4v) is 4.19. The Morgan fingerprint density at radius 3 is 2.56 bits per heavy atom. The van der Waals surface area contributed by atoms with Crippen molar-refractivity contribution >= 4 is 32.8 Å². The van der Waals surface area contributed by atoms with Crippen LogP contribution in [0.15, 0.2) is 35.4 Å². The summed E-state index contributed by atoms with van der Waals surface area (Å²) in [6, 6.07) is 2.93. The van der Waals surface area contributed by atoms with E-state index in [0.29, 0.717) is 57.0 Å². The van der Waals surface area contributed by atoms with Gasteiger partial charge in [-0.2, -0.15) is 0 Å². The highest BCUT2D eigenvalue weighted by Gasteiger charge is 2.25. The van der Waals surface area contributed by atoms with Crippen LogP contribution in [0.3, 0.4) is 0 Å². The molecular formula is C20H15NO6. The smallest absolute Gasteiger partial charge is 0.339 e. The van der Waals surface area contributed by atoms with Gasteiger partial charge in [0.05, 0.1) is 23.4 Å². The number of aromatic nitrogens is 1. The molecule has 0 saturated carbocycles. The van der Waals surface area contributed by atoms with Gasteiger partial charge in [0.2, 0.25) is 0 Å². The number of aryl methyl sites for hydroxylation is 2. The van der Waals surface area contributed by atoms with E-state index in [1.807, 2.05) is 0 Å². The van der Waals surface area contributed by atoms with Crippen molar-refractivity contribution in [1.29, 1.82) is 0 Å². The molecule has 0 aliphatic heterocycles. The van der Waals surface area contributed by atoms with Crippen molar-refractivity contribution in [3.05, 3.63) is 60.0 Å². The molecule has 3 heterocycles. The van der Waals surface area contributed by atoms with Gasteiger partial charge in [0.15, 0.2) is 5.58 Å². The highest BCUT2D eigenvalue weighted by atomic mass is 16.5. The molecule has 1 aliphatic carbocycles.